The van der Waals surface area contributed by atoms with Gasteiger partial charge in [-0.1, -0.05) is 0 Å². The molecule has 25 heavy (non-hydrogen) atoms. The van der Waals surface area contributed by atoms with Crippen molar-refractivity contribution < 1.29 is 14.9 Å². The maximum Gasteiger partial charge on any atom is 0.376 e. The summed E-state index contributed by atoms with van der Waals surface area (Å²) in [5, 5.41) is 19.4. The van der Waals surface area contributed by atoms with Gasteiger partial charge in [0.2, 0.25) is 0 Å². The second-order valence-corrected chi connectivity index (χ2v) is 7.09. The van der Waals surface area contributed by atoms with E-state index in [1.54, 1.807) is 0 Å². The number of piperazine rings is 1. The Balaban J connectivity index is 1.39. The van der Waals surface area contributed by atoms with Gasteiger partial charge in [-0.3, -0.25) is 4.90 Å². The Kier molecular flexibility index (Phi) is 6.59. The first kappa shape index (κ1) is 18.5. The van der Waals surface area contributed by atoms with Gasteiger partial charge in [-0.15, -0.1) is 0 Å². The summed E-state index contributed by atoms with van der Waals surface area (Å²) in [4.78, 5) is 6.70. The van der Waals surface area contributed by atoms with E-state index < -0.39 is 0 Å². The molecule has 2 saturated heterocycles. The summed E-state index contributed by atoms with van der Waals surface area (Å²) in [7, 11) is -0.349. The molecule has 6 nitrogen and oxygen atoms in total. The molecule has 0 aromatic heterocycles. The van der Waals surface area contributed by atoms with Gasteiger partial charge in [0.05, 0.1) is 6.10 Å². The van der Waals surface area contributed by atoms with Gasteiger partial charge in [0, 0.05) is 51.5 Å². The summed E-state index contributed by atoms with van der Waals surface area (Å²) in [6.07, 6.45) is 1.74. The Hall–Kier alpha value is -1.28. The number of aliphatic hydroxyl groups excluding tert-OH is 1. The van der Waals surface area contributed by atoms with E-state index in [-0.39, 0.29) is 13.2 Å². The Morgan fingerprint density at radius 2 is 1.84 bits per heavy atom. The van der Waals surface area contributed by atoms with Gasteiger partial charge in [0.1, 0.15) is 12.4 Å². The maximum atomic E-state index is 9.79. The molecule has 0 saturated carbocycles. The zero-order chi connectivity index (χ0) is 17.6. The summed E-state index contributed by atoms with van der Waals surface area (Å²) < 4.78 is 5.87. The van der Waals surface area contributed by atoms with Crippen LogP contribution in [0, 0.1) is 0 Å². The molecule has 0 spiro atoms. The second-order valence-electron chi connectivity index (χ2n) is 7.09. The lowest BCUT2D eigenvalue weighted by molar-refractivity contribution is 0.150. The molecular weight excluding hydrogens is 317 g/mol. The fraction of sp³-hybridized carbons (Fsp3) is 0.667. The number of nitrogens with zero attached hydrogens (tertiary/aromatic N) is 3. The van der Waals surface area contributed by atoms with Crippen molar-refractivity contribution >= 4 is 12.7 Å². The van der Waals surface area contributed by atoms with E-state index in [2.05, 4.69) is 26.7 Å². The minimum atomic E-state index is -0.349. The standard InChI is InChI=1S/C18H30BN3O3/c1-19(24)22-11-9-20(10-12-22)13-14-25-18-6-4-16(5-7-18)21-8-2-3-17(23)15-21/h4-7,17,23-24H,2-3,8-15H2,1H3. The minimum absolute atomic E-state index is 0.209. The Morgan fingerprint density at radius 1 is 1.12 bits per heavy atom. The van der Waals surface area contributed by atoms with Crippen molar-refractivity contribution in [2.75, 3.05) is 57.3 Å². The third-order valence-electron chi connectivity index (χ3n) is 5.21. The topological polar surface area (TPSA) is 59.4 Å². The SMILES string of the molecule is CB(O)N1CCN(CCOc2ccc(N3CCCC(O)C3)cc2)CC1. The third kappa shape index (κ3) is 5.35. The molecule has 1 aromatic carbocycles. The predicted octanol–water partition coefficient (Wildman–Crippen LogP) is 0.754. The van der Waals surface area contributed by atoms with E-state index in [0.29, 0.717) is 6.61 Å². The lowest BCUT2D eigenvalue weighted by Gasteiger charge is -2.35. The number of benzene rings is 1. The van der Waals surface area contributed by atoms with Gasteiger partial charge < -0.3 is 24.6 Å². The van der Waals surface area contributed by atoms with Gasteiger partial charge in [-0.2, -0.15) is 0 Å². The normalized spacial score (nSPS) is 22.8. The number of rotatable bonds is 6. The van der Waals surface area contributed by atoms with Crippen molar-refractivity contribution in [2.24, 2.45) is 0 Å². The van der Waals surface area contributed by atoms with E-state index in [1.807, 2.05) is 19.0 Å². The molecule has 3 rings (SSSR count). The minimum Gasteiger partial charge on any atom is -0.492 e. The van der Waals surface area contributed by atoms with Gasteiger partial charge in [-0.25, -0.2) is 0 Å². The highest BCUT2D eigenvalue weighted by molar-refractivity contribution is 6.45. The number of aliphatic hydroxyl groups is 1. The number of ether oxygens (including phenoxy) is 1. The predicted molar refractivity (Wildman–Crippen MR) is 101 cm³/mol. The van der Waals surface area contributed by atoms with Gasteiger partial charge in [0.25, 0.3) is 0 Å². The summed E-state index contributed by atoms with van der Waals surface area (Å²) in [5.74, 6) is 0.893. The van der Waals surface area contributed by atoms with Crippen LogP contribution in [0.25, 0.3) is 0 Å². The van der Waals surface area contributed by atoms with Crippen LogP contribution in [0.4, 0.5) is 5.69 Å². The van der Waals surface area contributed by atoms with Gasteiger partial charge >= 0.3 is 7.05 Å². The number of β-amino-alcohol motifs (C(OH)–C–C–N with tert-alkyl or cyclic N) is 1. The highest BCUT2D eigenvalue weighted by Gasteiger charge is 2.22. The van der Waals surface area contributed by atoms with E-state index in [4.69, 9.17) is 4.74 Å². The van der Waals surface area contributed by atoms with Crippen molar-refractivity contribution in [1.82, 2.24) is 9.71 Å². The summed E-state index contributed by atoms with van der Waals surface area (Å²) in [5.41, 5.74) is 1.15. The van der Waals surface area contributed by atoms with Crippen molar-refractivity contribution in [3.63, 3.8) is 0 Å². The van der Waals surface area contributed by atoms with E-state index in [0.717, 1.165) is 70.1 Å². The Morgan fingerprint density at radius 3 is 2.48 bits per heavy atom. The molecule has 1 unspecified atom stereocenters. The van der Waals surface area contributed by atoms with Crippen LogP contribution in [-0.4, -0.2) is 85.4 Å². The van der Waals surface area contributed by atoms with Crippen LogP contribution in [0.3, 0.4) is 0 Å². The molecule has 0 amide bonds. The lowest BCUT2D eigenvalue weighted by Crippen LogP contribution is -2.52. The molecule has 0 bridgehead atoms. The molecule has 2 fully saturated rings. The molecular formula is C18H30BN3O3. The molecule has 138 valence electrons. The van der Waals surface area contributed by atoms with Crippen molar-refractivity contribution in [3.8, 4) is 5.75 Å². The Labute approximate surface area is 151 Å². The largest absolute Gasteiger partial charge is 0.492 e. The zero-order valence-electron chi connectivity index (χ0n) is 15.2. The molecule has 2 aliphatic rings. The summed E-state index contributed by atoms with van der Waals surface area (Å²) >= 11 is 0. The molecule has 0 radical (unpaired) electrons. The van der Waals surface area contributed by atoms with Crippen LogP contribution < -0.4 is 9.64 Å². The van der Waals surface area contributed by atoms with Crippen LogP contribution in [0.15, 0.2) is 24.3 Å². The van der Waals surface area contributed by atoms with Crippen molar-refractivity contribution in [3.05, 3.63) is 24.3 Å². The Bertz CT molecular complexity index is 521. The van der Waals surface area contributed by atoms with Crippen molar-refractivity contribution in [2.45, 2.75) is 25.8 Å². The number of piperidine rings is 1. The number of hydrogen-bond acceptors (Lipinski definition) is 6. The van der Waals surface area contributed by atoms with E-state index in [9.17, 15) is 10.1 Å². The summed E-state index contributed by atoms with van der Waals surface area (Å²) in [6, 6.07) is 8.19. The average Bonchev–Trinajstić information content (AvgIpc) is 2.63. The summed E-state index contributed by atoms with van der Waals surface area (Å²) in [6.45, 7) is 8.92. The monoisotopic (exact) mass is 347 g/mol. The highest BCUT2D eigenvalue weighted by Crippen LogP contribution is 2.23. The molecule has 1 atom stereocenters. The van der Waals surface area contributed by atoms with Crippen molar-refractivity contribution in [1.29, 1.82) is 0 Å². The number of hydrogen-bond donors (Lipinski definition) is 2. The smallest absolute Gasteiger partial charge is 0.376 e. The fourth-order valence-electron chi connectivity index (χ4n) is 3.60. The van der Waals surface area contributed by atoms with Gasteiger partial charge in [-0.05, 0) is 43.9 Å². The third-order valence-corrected chi connectivity index (χ3v) is 5.21. The average molecular weight is 347 g/mol. The molecule has 1 aromatic rings. The van der Waals surface area contributed by atoms with E-state index >= 15 is 0 Å². The molecule has 2 aliphatic heterocycles. The van der Waals surface area contributed by atoms with Crippen LogP contribution in [0.2, 0.25) is 6.82 Å². The molecule has 7 heteroatoms. The molecule has 0 aliphatic carbocycles. The first-order chi connectivity index (χ1) is 12.1. The maximum absolute atomic E-state index is 9.79. The molecule has 2 N–H and O–H groups in total. The van der Waals surface area contributed by atoms with Crippen LogP contribution in [0.5, 0.6) is 5.75 Å². The second kappa shape index (κ2) is 8.89. The van der Waals surface area contributed by atoms with Crippen LogP contribution in [0.1, 0.15) is 12.8 Å². The quantitative estimate of drug-likeness (QED) is 0.741. The highest BCUT2D eigenvalue weighted by atomic mass is 16.5. The molecule has 2 heterocycles. The van der Waals surface area contributed by atoms with Crippen LogP contribution >= 0.6 is 0 Å². The number of anilines is 1. The first-order valence-corrected chi connectivity index (χ1v) is 9.42. The lowest BCUT2D eigenvalue weighted by atomic mass is 9.84. The fourth-order valence-corrected chi connectivity index (χ4v) is 3.60. The zero-order valence-corrected chi connectivity index (χ0v) is 15.2. The first-order valence-electron chi connectivity index (χ1n) is 9.42. The van der Waals surface area contributed by atoms with Gasteiger partial charge in [0.15, 0.2) is 0 Å². The van der Waals surface area contributed by atoms with E-state index in [1.165, 1.54) is 0 Å². The van der Waals surface area contributed by atoms with Crippen LogP contribution in [-0.2, 0) is 0 Å².